The molecule has 0 aliphatic carbocycles. The van der Waals surface area contributed by atoms with Gasteiger partial charge in [-0.2, -0.15) is 0 Å². The average molecular weight is 868 g/mol. The molecule has 336 valence electrons. The van der Waals surface area contributed by atoms with Crippen LogP contribution in [0.2, 0.25) is 0 Å². The number of benzene rings is 2. The van der Waals surface area contributed by atoms with Gasteiger partial charge in [0.05, 0.1) is 38.4 Å². The van der Waals surface area contributed by atoms with E-state index in [1.165, 1.54) is 6.92 Å². The number of amides is 2. The van der Waals surface area contributed by atoms with Gasteiger partial charge in [0.1, 0.15) is 18.0 Å². The van der Waals surface area contributed by atoms with E-state index in [0.29, 0.717) is 45.6 Å². The molecule has 1 heterocycles. The van der Waals surface area contributed by atoms with E-state index in [1.54, 1.807) is 0 Å². The summed E-state index contributed by atoms with van der Waals surface area (Å²) in [5.41, 5.74) is -0.453. The number of terminal acetylenes is 1. The molecular formula is C46H66N3O11P. The zero-order chi connectivity index (χ0) is 45.0. The number of morpholine rings is 1. The molecule has 1 saturated heterocycles. The Hall–Kier alpha value is -4.06. The number of phosphoric acid groups is 1. The van der Waals surface area contributed by atoms with Crippen molar-refractivity contribution >= 4 is 37.0 Å². The molecule has 2 aromatic rings. The molecule has 1 aliphatic heterocycles. The van der Waals surface area contributed by atoms with Crippen LogP contribution in [0.1, 0.15) is 77.8 Å². The van der Waals surface area contributed by atoms with Gasteiger partial charge in [0.25, 0.3) is 0 Å². The number of aryl methyl sites for hydroxylation is 1. The molecule has 6 atom stereocenters. The van der Waals surface area contributed by atoms with Crippen LogP contribution in [0.15, 0.2) is 60.7 Å². The van der Waals surface area contributed by atoms with Gasteiger partial charge in [-0.05, 0) is 62.0 Å². The number of phosphoric ester groups is 1. The van der Waals surface area contributed by atoms with Crippen molar-refractivity contribution in [2.45, 2.75) is 97.2 Å². The maximum atomic E-state index is 14.4. The molecule has 0 radical (unpaired) electrons. The zero-order valence-corrected chi connectivity index (χ0v) is 37.5. The van der Waals surface area contributed by atoms with E-state index in [4.69, 9.17) is 24.7 Å². The molecule has 2 aromatic carbocycles. The van der Waals surface area contributed by atoms with Crippen molar-refractivity contribution in [3.63, 3.8) is 0 Å². The number of hydrogen-bond donors (Lipinski definition) is 3. The lowest BCUT2D eigenvalue weighted by atomic mass is 9.86. The van der Waals surface area contributed by atoms with E-state index in [1.807, 2.05) is 93.3 Å². The molecule has 0 spiro atoms. The minimum Gasteiger partial charge on any atom is -0.380 e. The van der Waals surface area contributed by atoms with Crippen LogP contribution >= 0.6 is 7.82 Å². The lowest BCUT2D eigenvalue weighted by molar-refractivity contribution is -0.144. The lowest BCUT2D eigenvalue weighted by Crippen LogP contribution is -2.54. The molecule has 3 rings (SSSR count). The van der Waals surface area contributed by atoms with Gasteiger partial charge in [0.2, 0.25) is 11.8 Å². The van der Waals surface area contributed by atoms with Crippen LogP contribution < -0.4 is 10.6 Å². The fraction of sp³-hybridized carbons (Fsp3) is 0.587. The smallest absolute Gasteiger partial charge is 0.380 e. The van der Waals surface area contributed by atoms with Gasteiger partial charge < -0.3 is 20.5 Å². The number of ketones is 3. The molecule has 14 nitrogen and oxygen atoms in total. The maximum Gasteiger partial charge on any atom is 0.475 e. The van der Waals surface area contributed by atoms with Crippen LogP contribution in [-0.2, 0) is 59.7 Å². The van der Waals surface area contributed by atoms with Crippen molar-refractivity contribution in [1.29, 1.82) is 0 Å². The molecule has 0 aromatic heterocycles. The second-order valence-corrected chi connectivity index (χ2v) is 18.6. The predicted octanol–water partition coefficient (Wildman–Crippen LogP) is 5.15. The highest BCUT2D eigenvalue weighted by Gasteiger charge is 2.41. The minimum atomic E-state index is -4.21. The SMILES string of the molecule is C#CCOP(=O)(OC)OC[C@@](C)(O)C(=O)[C@H](CC(C)C)NC(=O)[C@@H](CC(=O)[C@H](CC(C)C)NC(=O)[C@H](CCc1ccccc1)CC(=O)CN1CCOCC1)Cc1ccccc1. The van der Waals surface area contributed by atoms with Gasteiger partial charge in [-0.15, -0.1) is 6.42 Å². The van der Waals surface area contributed by atoms with Gasteiger partial charge in [0.15, 0.2) is 11.6 Å². The normalized spacial score (nSPS) is 17.2. The van der Waals surface area contributed by atoms with Crippen molar-refractivity contribution in [1.82, 2.24) is 15.5 Å². The van der Waals surface area contributed by atoms with Crippen molar-refractivity contribution in [2.75, 3.05) is 53.2 Å². The van der Waals surface area contributed by atoms with Gasteiger partial charge in [-0.1, -0.05) is 94.3 Å². The second-order valence-electron chi connectivity index (χ2n) is 16.8. The van der Waals surface area contributed by atoms with Crippen molar-refractivity contribution in [3.05, 3.63) is 71.8 Å². The Labute approximate surface area is 361 Å². The summed E-state index contributed by atoms with van der Waals surface area (Å²) in [6.45, 7) is 10.1. The zero-order valence-electron chi connectivity index (χ0n) is 36.6. The molecule has 2 amide bonds. The summed E-state index contributed by atoms with van der Waals surface area (Å²) in [6.07, 6.45) is 6.46. The van der Waals surface area contributed by atoms with E-state index >= 15 is 0 Å². The Morgan fingerprint density at radius 1 is 0.852 bits per heavy atom. The summed E-state index contributed by atoms with van der Waals surface area (Å²) in [5.74, 6) is -1.89. The number of hydrogen-bond acceptors (Lipinski definition) is 12. The highest BCUT2D eigenvalue weighted by atomic mass is 31.2. The van der Waals surface area contributed by atoms with E-state index in [9.17, 15) is 33.6 Å². The summed E-state index contributed by atoms with van der Waals surface area (Å²) in [7, 11) is -3.14. The number of rotatable bonds is 28. The molecular weight excluding hydrogens is 801 g/mol. The largest absolute Gasteiger partial charge is 0.475 e. The van der Waals surface area contributed by atoms with Crippen molar-refractivity contribution < 1.29 is 52.0 Å². The number of carbonyl (C=O) groups excluding carboxylic acids is 5. The summed E-state index contributed by atoms with van der Waals surface area (Å²) < 4.78 is 33.3. The summed E-state index contributed by atoms with van der Waals surface area (Å²) in [4.78, 5) is 72.1. The number of carbonyl (C=O) groups is 5. The number of ether oxygens (including phenoxy) is 1. The number of Topliss-reactive ketones (excluding diaryl/α,β-unsaturated/α-hetero) is 3. The fourth-order valence-corrected chi connectivity index (χ4v) is 8.06. The lowest BCUT2D eigenvalue weighted by Gasteiger charge is -2.30. The Bertz CT molecular complexity index is 1790. The second kappa shape index (κ2) is 25.8. The van der Waals surface area contributed by atoms with Gasteiger partial charge in [0, 0.05) is 44.9 Å². The number of nitrogens with zero attached hydrogens (tertiary/aromatic N) is 1. The molecule has 0 saturated carbocycles. The summed E-state index contributed by atoms with van der Waals surface area (Å²) in [5, 5.41) is 17.1. The Morgan fingerprint density at radius 2 is 1.41 bits per heavy atom. The molecule has 1 fully saturated rings. The van der Waals surface area contributed by atoms with Gasteiger partial charge >= 0.3 is 7.82 Å². The number of nitrogens with one attached hydrogen (secondary N) is 2. The predicted molar refractivity (Wildman–Crippen MR) is 232 cm³/mol. The van der Waals surface area contributed by atoms with E-state index in [2.05, 4.69) is 16.6 Å². The third-order valence-corrected chi connectivity index (χ3v) is 11.8. The minimum absolute atomic E-state index is 0.00996. The highest BCUT2D eigenvalue weighted by Crippen LogP contribution is 2.49. The number of aliphatic hydroxyl groups is 1. The first kappa shape index (κ1) is 51.3. The summed E-state index contributed by atoms with van der Waals surface area (Å²) in [6, 6.07) is 16.7. The van der Waals surface area contributed by atoms with Crippen LogP contribution in [0, 0.1) is 36.0 Å². The van der Waals surface area contributed by atoms with Crippen LogP contribution in [0.3, 0.4) is 0 Å². The van der Waals surface area contributed by atoms with Crippen LogP contribution in [0.5, 0.6) is 0 Å². The maximum absolute atomic E-state index is 14.4. The molecule has 3 N–H and O–H groups in total. The Kier molecular flexibility index (Phi) is 21.7. The van der Waals surface area contributed by atoms with Crippen LogP contribution in [0.25, 0.3) is 0 Å². The Morgan fingerprint density at radius 3 is 1.98 bits per heavy atom. The van der Waals surface area contributed by atoms with Crippen molar-refractivity contribution in [3.8, 4) is 12.3 Å². The highest BCUT2D eigenvalue weighted by molar-refractivity contribution is 7.48. The van der Waals surface area contributed by atoms with Gasteiger partial charge in [-0.25, -0.2) is 4.57 Å². The first-order valence-electron chi connectivity index (χ1n) is 21.1. The molecule has 1 aliphatic rings. The molecule has 1 unspecified atom stereocenters. The molecule has 61 heavy (non-hydrogen) atoms. The van der Waals surface area contributed by atoms with Crippen LogP contribution in [-0.4, -0.2) is 110 Å². The third kappa shape index (κ3) is 18.4. The third-order valence-electron chi connectivity index (χ3n) is 10.4. The first-order chi connectivity index (χ1) is 28.9. The quantitative estimate of drug-likeness (QED) is 0.0756. The van der Waals surface area contributed by atoms with E-state index in [0.717, 1.165) is 18.2 Å². The molecule has 0 bridgehead atoms. The molecule has 15 heteroatoms. The fourth-order valence-electron chi connectivity index (χ4n) is 7.14. The summed E-state index contributed by atoms with van der Waals surface area (Å²) >= 11 is 0. The van der Waals surface area contributed by atoms with Gasteiger partial charge in [-0.3, -0.25) is 42.4 Å². The first-order valence-corrected chi connectivity index (χ1v) is 22.6. The van der Waals surface area contributed by atoms with Crippen LogP contribution in [0.4, 0.5) is 0 Å². The monoisotopic (exact) mass is 867 g/mol. The standard InChI is InChI=1S/C46H66N3O11P/c1-8-23-59-61(56,57-7)60-32-46(6,55)43(52)41(27-34(4)5)48-45(54)38(28-36-17-13-10-14-18-36)30-42(51)40(26-33(2)3)47-44(53)37(20-19-35-15-11-9-12-16-35)29-39(50)31-49-21-24-58-25-22-49/h1,9-18,33-34,37-38,40-41,55H,19-32H2,2-7H3,(H,47,53)(H,48,54)/t37-,38-,40+,41+,46-,61?/m1/s1. The van der Waals surface area contributed by atoms with E-state index < -0.39 is 68.2 Å². The van der Waals surface area contributed by atoms with E-state index in [-0.39, 0.29) is 55.6 Å². The average Bonchev–Trinajstić information content (AvgIpc) is 3.23. The topological polar surface area (TPSA) is 187 Å². The Balaban J connectivity index is 1.86. The van der Waals surface area contributed by atoms with Crippen molar-refractivity contribution in [2.24, 2.45) is 23.7 Å².